The van der Waals surface area contributed by atoms with E-state index in [0.717, 1.165) is 24.1 Å². The topological polar surface area (TPSA) is 43.8 Å². The molecule has 4 nitrogen and oxygen atoms in total. The lowest BCUT2D eigenvalue weighted by molar-refractivity contribution is -0.131. The van der Waals surface area contributed by atoms with E-state index in [4.69, 9.17) is 23.2 Å². The Morgan fingerprint density at radius 3 is 2.54 bits per heavy atom. The first-order valence-electron chi connectivity index (χ1n) is 9.09. The lowest BCUT2D eigenvalue weighted by atomic mass is 10.0. The van der Waals surface area contributed by atoms with Crippen molar-refractivity contribution in [2.45, 2.75) is 25.0 Å². The van der Waals surface area contributed by atoms with Gasteiger partial charge in [-0.05, 0) is 29.7 Å². The molecule has 0 spiro atoms. The maximum Gasteiger partial charge on any atom is 0.227 e. The fraction of sp³-hybridized carbons (Fsp3) is 0.381. The number of hydrogen-bond donors (Lipinski definition) is 1. The molecule has 1 saturated heterocycles. The van der Waals surface area contributed by atoms with Crippen LogP contribution in [0.15, 0.2) is 48.5 Å². The normalized spacial score (nSPS) is 17.8. The predicted octanol–water partition coefficient (Wildman–Crippen LogP) is 4.22. The molecule has 7 heteroatoms. The zero-order chi connectivity index (χ0) is 19.4. The highest BCUT2D eigenvalue weighted by Crippen LogP contribution is 2.26. The van der Waals surface area contributed by atoms with Gasteiger partial charge in [-0.2, -0.15) is 0 Å². The van der Waals surface area contributed by atoms with E-state index in [1.165, 1.54) is 0 Å². The first-order chi connectivity index (χ1) is 12.9. The average molecular weight is 444 g/mol. The standard InChI is InChI=1S/C21H24Cl2N2O2.ClH/c1-24(21(27)12-15-7-8-18(22)19(23)11-15)20(16-5-3-2-4-6-16)14-25-10-9-17(26)13-25;/h2-8,11,17,20,26H,9-10,12-14H2,1H3;1H/t17?,20-;/m1./s1. The highest BCUT2D eigenvalue weighted by molar-refractivity contribution is 6.42. The van der Waals surface area contributed by atoms with Gasteiger partial charge < -0.3 is 10.0 Å². The number of carbonyl (C=O) groups is 1. The minimum atomic E-state index is -0.279. The molecule has 0 aliphatic carbocycles. The van der Waals surface area contributed by atoms with Gasteiger partial charge in [0.05, 0.1) is 28.6 Å². The van der Waals surface area contributed by atoms with E-state index in [9.17, 15) is 9.90 Å². The van der Waals surface area contributed by atoms with Crippen molar-refractivity contribution in [1.29, 1.82) is 0 Å². The second-order valence-corrected chi connectivity index (χ2v) is 7.87. The zero-order valence-corrected chi connectivity index (χ0v) is 18.1. The first kappa shape index (κ1) is 23.0. The molecule has 0 saturated carbocycles. The van der Waals surface area contributed by atoms with E-state index >= 15 is 0 Å². The third kappa shape index (κ3) is 5.85. The van der Waals surface area contributed by atoms with Crippen molar-refractivity contribution in [3.63, 3.8) is 0 Å². The summed E-state index contributed by atoms with van der Waals surface area (Å²) in [4.78, 5) is 17.0. The van der Waals surface area contributed by atoms with Crippen LogP contribution in [0.2, 0.25) is 10.0 Å². The van der Waals surface area contributed by atoms with Crippen molar-refractivity contribution in [2.75, 3.05) is 26.7 Å². The summed E-state index contributed by atoms with van der Waals surface area (Å²) in [5.74, 6) is 0.0157. The van der Waals surface area contributed by atoms with Crippen LogP contribution in [-0.2, 0) is 11.2 Å². The van der Waals surface area contributed by atoms with Gasteiger partial charge in [0.25, 0.3) is 0 Å². The molecule has 1 heterocycles. The molecule has 2 atom stereocenters. The maximum atomic E-state index is 12.9. The third-order valence-corrected chi connectivity index (χ3v) is 5.80. The number of nitrogens with zero attached hydrogens (tertiary/aromatic N) is 2. The molecule has 1 aliphatic heterocycles. The molecule has 1 unspecified atom stereocenters. The van der Waals surface area contributed by atoms with Crippen molar-refractivity contribution in [2.24, 2.45) is 0 Å². The Kier molecular flexibility index (Phi) is 8.59. The Balaban J connectivity index is 0.00000280. The van der Waals surface area contributed by atoms with Crippen LogP contribution in [0.5, 0.6) is 0 Å². The van der Waals surface area contributed by atoms with Crippen LogP contribution < -0.4 is 0 Å². The highest BCUT2D eigenvalue weighted by atomic mass is 35.5. The maximum absolute atomic E-state index is 12.9. The van der Waals surface area contributed by atoms with E-state index in [2.05, 4.69) is 4.90 Å². The van der Waals surface area contributed by atoms with Crippen molar-refractivity contribution in [3.05, 3.63) is 69.7 Å². The number of likely N-dealkylation sites (tertiary alicyclic amines) is 1. The van der Waals surface area contributed by atoms with E-state index in [0.29, 0.717) is 23.1 Å². The summed E-state index contributed by atoms with van der Waals surface area (Å²) in [5, 5.41) is 10.8. The Bertz CT molecular complexity index is 788. The molecule has 0 radical (unpaired) electrons. The quantitative estimate of drug-likeness (QED) is 0.727. The van der Waals surface area contributed by atoms with Crippen LogP contribution in [0.25, 0.3) is 0 Å². The predicted molar refractivity (Wildman–Crippen MR) is 116 cm³/mol. The second kappa shape index (κ2) is 10.5. The van der Waals surface area contributed by atoms with Gasteiger partial charge in [0, 0.05) is 26.7 Å². The number of aliphatic hydroxyl groups is 1. The van der Waals surface area contributed by atoms with Gasteiger partial charge in [0.15, 0.2) is 0 Å². The fourth-order valence-corrected chi connectivity index (χ4v) is 3.79. The summed E-state index contributed by atoms with van der Waals surface area (Å²) in [6.45, 7) is 2.20. The molecule has 0 bridgehead atoms. The Morgan fingerprint density at radius 2 is 1.93 bits per heavy atom. The average Bonchev–Trinajstić information content (AvgIpc) is 3.08. The molecule has 3 rings (SSSR count). The molecule has 2 aromatic carbocycles. The van der Waals surface area contributed by atoms with Crippen LogP contribution in [0.4, 0.5) is 0 Å². The SMILES string of the molecule is CN(C(=O)Cc1ccc(Cl)c(Cl)c1)[C@H](CN1CCC(O)C1)c1ccccc1.Cl. The number of aliphatic hydroxyl groups excluding tert-OH is 1. The van der Waals surface area contributed by atoms with Gasteiger partial charge in [0.2, 0.25) is 5.91 Å². The summed E-state index contributed by atoms with van der Waals surface area (Å²) in [6.07, 6.45) is 0.764. The summed E-state index contributed by atoms with van der Waals surface area (Å²) in [6, 6.07) is 15.2. The van der Waals surface area contributed by atoms with E-state index in [-0.39, 0.29) is 36.9 Å². The van der Waals surface area contributed by atoms with Crippen LogP contribution in [0, 0.1) is 0 Å². The van der Waals surface area contributed by atoms with Crippen LogP contribution in [-0.4, -0.2) is 53.6 Å². The van der Waals surface area contributed by atoms with Gasteiger partial charge in [-0.3, -0.25) is 9.69 Å². The van der Waals surface area contributed by atoms with Gasteiger partial charge in [-0.25, -0.2) is 0 Å². The number of halogens is 3. The monoisotopic (exact) mass is 442 g/mol. The second-order valence-electron chi connectivity index (χ2n) is 7.06. The number of likely N-dealkylation sites (N-methyl/N-ethyl adjacent to an activating group) is 1. The van der Waals surface area contributed by atoms with E-state index in [1.807, 2.05) is 43.4 Å². The lowest BCUT2D eigenvalue weighted by Crippen LogP contribution is -2.39. The largest absolute Gasteiger partial charge is 0.392 e. The third-order valence-electron chi connectivity index (χ3n) is 5.06. The van der Waals surface area contributed by atoms with E-state index < -0.39 is 0 Å². The molecular weight excluding hydrogens is 419 g/mol. The lowest BCUT2D eigenvalue weighted by Gasteiger charge is -2.32. The number of benzene rings is 2. The minimum absolute atomic E-state index is 0. The highest BCUT2D eigenvalue weighted by Gasteiger charge is 2.28. The van der Waals surface area contributed by atoms with Gasteiger partial charge in [0.1, 0.15) is 0 Å². The summed E-state index contributed by atoms with van der Waals surface area (Å²) < 4.78 is 0. The smallest absolute Gasteiger partial charge is 0.227 e. The van der Waals surface area contributed by atoms with Crippen molar-refractivity contribution in [1.82, 2.24) is 9.80 Å². The zero-order valence-electron chi connectivity index (χ0n) is 15.7. The van der Waals surface area contributed by atoms with Gasteiger partial charge in [-0.15, -0.1) is 12.4 Å². The molecule has 2 aromatic rings. The van der Waals surface area contributed by atoms with E-state index in [1.54, 1.807) is 17.0 Å². The Labute approximate surface area is 182 Å². The molecule has 1 aliphatic rings. The molecule has 1 fully saturated rings. The number of amides is 1. The number of β-amino-alcohol motifs (C(OH)–C–C–N with tert-alkyl or cyclic N) is 1. The van der Waals surface area contributed by atoms with Crippen molar-refractivity contribution >= 4 is 41.5 Å². The van der Waals surface area contributed by atoms with Crippen LogP contribution >= 0.6 is 35.6 Å². The minimum Gasteiger partial charge on any atom is -0.392 e. The van der Waals surface area contributed by atoms with Crippen molar-refractivity contribution < 1.29 is 9.90 Å². The Morgan fingerprint density at radius 1 is 1.21 bits per heavy atom. The van der Waals surface area contributed by atoms with Crippen molar-refractivity contribution in [3.8, 4) is 0 Å². The summed E-state index contributed by atoms with van der Waals surface area (Å²) in [5.41, 5.74) is 1.92. The molecule has 0 aromatic heterocycles. The molecule has 1 N–H and O–H groups in total. The number of hydrogen-bond acceptors (Lipinski definition) is 3. The summed E-state index contributed by atoms with van der Waals surface area (Å²) >= 11 is 12.0. The fourth-order valence-electron chi connectivity index (χ4n) is 3.47. The first-order valence-corrected chi connectivity index (χ1v) is 9.84. The number of carbonyl (C=O) groups excluding carboxylic acids is 1. The van der Waals surface area contributed by atoms with Gasteiger partial charge in [-0.1, -0.05) is 59.6 Å². The van der Waals surface area contributed by atoms with Gasteiger partial charge >= 0.3 is 0 Å². The molecular formula is C21H25Cl3N2O2. The molecule has 152 valence electrons. The van der Waals surface area contributed by atoms with Crippen LogP contribution in [0.1, 0.15) is 23.6 Å². The summed E-state index contributed by atoms with van der Waals surface area (Å²) in [7, 11) is 1.84. The van der Waals surface area contributed by atoms with Crippen LogP contribution in [0.3, 0.4) is 0 Å². The molecule has 28 heavy (non-hydrogen) atoms. The molecule has 1 amide bonds. The Hall–Kier alpha value is -1.30. The number of rotatable bonds is 6.